The van der Waals surface area contributed by atoms with Crippen LogP contribution in [0.5, 0.6) is 11.5 Å². The molecule has 0 atom stereocenters. The third kappa shape index (κ3) is 5.16. The van der Waals surface area contributed by atoms with E-state index in [9.17, 15) is 13.2 Å². The molecule has 0 saturated heterocycles. The van der Waals surface area contributed by atoms with Crippen LogP contribution in [0.2, 0.25) is 0 Å². The van der Waals surface area contributed by atoms with Crippen LogP contribution >= 0.6 is 0 Å². The molecule has 0 aromatic heterocycles. The lowest BCUT2D eigenvalue weighted by Gasteiger charge is -2.12. The first kappa shape index (κ1) is 22.2. The molecule has 0 heterocycles. The minimum Gasteiger partial charge on any atom is -0.493 e. The number of benzene rings is 3. The highest BCUT2D eigenvalue weighted by Gasteiger charge is 2.17. The van der Waals surface area contributed by atoms with Gasteiger partial charge in [-0.3, -0.25) is 9.52 Å². The molecule has 7 nitrogen and oxygen atoms in total. The van der Waals surface area contributed by atoms with Crippen molar-refractivity contribution in [2.75, 3.05) is 24.3 Å². The van der Waals surface area contributed by atoms with Crippen molar-refractivity contribution in [1.29, 1.82) is 0 Å². The van der Waals surface area contributed by atoms with E-state index < -0.39 is 10.0 Å². The smallest absolute Gasteiger partial charge is 0.262 e. The Balaban J connectivity index is 1.75. The van der Waals surface area contributed by atoms with E-state index in [1.54, 1.807) is 24.3 Å². The molecule has 0 unspecified atom stereocenters. The third-order valence-corrected chi connectivity index (χ3v) is 6.09. The molecule has 31 heavy (non-hydrogen) atoms. The Labute approximate surface area is 182 Å². The van der Waals surface area contributed by atoms with Crippen molar-refractivity contribution in [3.05, 3.63) is 77.9 Å². The Morgan fingerprint density at radius 1 is 0.903 bits per heavy atom. The highest BCUT2D eigenvalue weighted by molar-refractivity contribution is 7.92. The first-order chi connectivity index (χ1) is 14.9. The Morgan fingerprint density at radius 2 is 1.58 bits per heavy atom. The topological polar surface area (TPSA) is 93.7 Å². The molecule has 0 spiro atoms. The standard InChI is InChI=1S/C23H24N2O5S/c1-4-16-7-5-6-8-20(16)24-23(26)17-9-11-18(12-10-17)25-31(27,28)19-13-14-21(29-2)22(15-19)30-3/h5-15,25H,4H2,1-3H3,(H,24,26). The van der Waals surface area contributed by atoms with E-state index >= 15 is 0 Å². The molecule has 0 aliphatic rings. The van der Waals surface area contributed by atoms with Crippen LogP contribution in [0.15, 0.2) is 71.6 Å². The van der Waals surface area contributed by atoms with Gasteiger partial charge in [0.1, 0.15) is 0 Å². The maximum atomic E-state index is 12.7. The van der Waals surface area contributed by atoms with E-state index in [2.05, 4.69) is 10.0 Å². The summed E-state index contributed by atoms with van der Waals surface area (Å²) in [6.07, 6.45) is 0.799. The van der Waals surface area contributed by atoms with Gasteiger partial charge in [0, 0.05) is 23.0 Å². The molecule has 2 N–H and O–H groups in total. The normalized spacial score (nSPS) is 10.9. The van der Waals surface area contributed by atoms with E-state index in [4.69, 9.17) is 9.47 Å². The van der Waals surface area contributed by atoms with Crippen LogP contribution in [-0.2, 0) is 16.4 Å². The minimum absolute atomic E-state index is 0.0307. The largest absolute Gasteiger partial charge is 0.493 e. The Kier molecular flexibility index (Phi) is 6.81. The number of carbonyl (C=O) groups is 1. The Hall–Kier alpha value is -3.52. The van der Waals surface area contributed by atoms with Gasteiger partial charge in [0.15, 0.2) is 11.5 Å². The molecular weight excluding hydrogens is 416 g/mol. The van der Waals surface area contributed by atoms with Gasteiger partial charge in [-0.05, 0) is 54.4 Å². The van der Waals surface area contributed by atoms with Gasteiger partial charge >= 0.3 is 0 Å². The summed E-state index contributed by atoms with van der Waals surface area (Å²) in [5.41, 5.74) is 2.55. The monoisotopic (exact) mass is 440 g/mol. The van der Waals surface area contributed by atoms with Crippen LogP contribution < -0.4 is 19.5 Å². The number of hydrogen-bond donors (Lipinski definition) is 2. The van der Waals surface area contributed by atoms with Crippen molar-refractivity contribution < 1.29 is 22.7 Å². The quantitative estimate of drug-likeness (QED) is 0.544. The van der Waals surface area contributed by atoms with Crippen LogP contribution in [0, 0.1) is 0 Å². The van der Waals surface area contributed by atoms with Crippen LogP contribution in [0.25, 0.3) is 0 Å². The van der Waals surface area contributed by atoms with Gasteiger partial charge in [-0.25, -0.2) is 8.42 Å². The zero-order valence-electron chi connectivity index (χ0n) is 17.5. The van der Waals surface area contributed by atoms with Gasteiger partial charge < -0.3 is 14.8 Å². The molecule has 0 aliphatic carbocycles. The van der Waals surface area contributed by atoms with Gasteiger partial charge in [-0.2, -0.15) is 0 Å². The summed E-state index contributed by atoms with van der Waals surface area (Å²) in [5.74, 6) is 0.474. The number of aryl methyl sites for hydroxylation is 1. The molecule has 3 aromatic carbocycles. The molecule has 0 aliphatic heterocycles. The lowest BCUT2D eigenvalue weighted by atomic mass is 10.1. The van der Waals surface area contributed by atoms with E-state index in [0.29, 0.717) is 22.7 Å². The molecule has 0 saturated carbocycles. The first-order valence-electron chi connectivity index (χ1n) is 9.62. The molecule has 8 heteroatoms. The minimum atomic E-state index is -3.85. The number of carbonyl (C=O) groups excluding carboxylic acids is 1. The van der Waals surface area contributed by atoms with Gasteiger partial charge in [-0.15, -0.1) is 0 Å². The Bertz CT molecular complexity index is 1170. The summed E-state index contributed by atoms with van der Waals surface area (Å²) in [7, 11) is -0.938. The summed E-state index contributed by atoms with van der Waals surface area (Å²) in [4.78, 5) is 12.6. The lowest BCUT2D eigenvalue weighted by molar-refractivity contribution is 0.102. The molecule has 0 radical (unpaired) electrons. The number of amides is 1. The molecule has 0 bridgehead atoms. The van der Waals surface area contributed by atoms with Gasteiger partial charge in [0.05, 0.1) is 19.1 Å². The van der Waals surface area contributed by atoms with Crippen LogP contribution in [-0.4, -0.2) is 28.5 Å². The molecule has 1 amide bonds. The number of methoxy groups -OCH3 is 2. The molecule has 3 aromatic rings. The van der Waals surface area contributed by atoms with E-state index in [1.165, 1.54) is 32.4 Å². The SMILES string of the molecule is CCc1ccccc1NC(=O)c1ccc(NS(=O)(=O)c2ccc(OC)c(OC)c2)cc1. The lowest BCUT2D eigenvalue weighted by Crippen LogP contribution is -2.15. The van der Waals surface area contributed by atoms with Crippen LogP contribution in [0.3, 0.4) is 0 Å². The number of para-hydroxylation sites is 1. The van der Waals surface area contributed by atoms with E-state index in [1.807, 2.05) is 31.2 Å². The van der Waals surface area contributed by atoms with Crippen molar-refractivity contribution >= 4 is 27.3 Å². The summed E-state index contributed by atoms with van der Waals surface area (Å²) < 4.78 is 38.2. The number of anilines is 2. The van der Waals surface area contributed by atoms with E-state index in [0.717, 1.165) is 17.7 Å². The maximum absolute atomic E-state index is 12.7. The summed E-state index contributed by atoms with van der Waals surface area (Å²) in [6, 6.07) is 18.1. The summed E-state index contributed by atoms with van der Waals surface area (Å²) >= 11 is 0. The number of ether oxygens (including phenoxy) is 2. The van der Waals surface area contributed by atoms with Crippen molar-refractivity contribution in [2.24, 2.45) is 0 Å². The zero-order chi connectivity index (χ0) is 22.4. The zero-order valence-corrected chi connectivity index (χ0v) is 18.3. The van der Waals surface area contributed by atoms with Crippen LogP contribution in [0.1, 0.15) is 22.8 Å². The molecule has 162 valence electrons. The average Bonchev–Trinajstić information content (AvgIpc) is 2.79. The number of rotatable bonds is 8. The van der Waals surface area contributed by atoms with E-state index in [-0.39, 0.29) is 10.8 Å². The van der Waals surface area contributed by atoms with Crippen molar-refractivity contribution in [1.82, 2.24) is 0 Å². The fraction of sp³-hybridized carbons (Fsp3) is 0.174. The highest BCUT2D eigenvalue weighted by atomic mass is 32.2. The highest BCUT2D eigenvalue weighted by Crippen LogP contribution is 2.30. The van der Waals surface area contributed by atoms with Gasteiger partial charge in [0.25, 0.3) is 15.9 Å². The predicted octanol–water partition coefficient (Wildman–Crippen LogP) is 4.32. The number of hydrogen-bond acceptors (Lipinski definition) is 5. The van der Waals surface area contributed by atoms with Crippen molar-refractivity contribution in [3.8, 4) is 11.5 Å². The maximum Gasteiger partial charge on any atom is 0.262 e. The molecular formula is C23H24N2O5S. The number of nitrogens with one attached hydrogen (secondary N) is 2. The predicted molar refractivity (Wildman–Crippen MR) is 121 cm³/mol. The second-order valence-corrected chi connectivity index (χ2v) is 8.35. The van der Waals surface area contributed by atoms with Crippen LogP contribution in [0.4, 0.5) is 11.4 Å². The van der Waals surface area contributed by atoms with Crippen molar-refractivity contribution in [3.63, 3.8) is 0 Å². The second-order valence-electron chi connectivity index (χ2n) is 6.66. The summed E-state index contributed by atoms with van der Waals surface area (Å²) in [6.45, 7) is 2.02. The molecule has 0 fully saturated rings. The van der Waals surface area contributed by atoms with Gasteiger partial charge in [0.2, 0.25) is 0 Å². The third-order valence-electron chi connectivity index (χ3n) is 4.71. The average molecular weight is 441 g/mol. The first-order valence-corrected chi connectivity index (χ1v) is 11.1. The fourth-order valence-electron chi connectivity index (χ4n) is 3.03. The summed E-state index contributed by atoms with van der Waals surface area (Å²) in [5, 5.41) is 2.89. The fourth-order valence-corrected chi connectivity index (χ4v) is 4.11. The number of sulfonamides is 1. The van der Waals surface area contributed by atoms with Gasteiger partial charge in [-0.1, -0.05) is 25.1 Å². The molecule has 3 rings (SSSR count). The van der Waals surface area contributed by atoms with Crippen molar-refractivity contribution in [2.45, 2.75) is 18.2 Å². The second kappa shape index (κ2) is 9.53. The Morgan fingerprint density at radius 3 is 2.23 bits per heavy atom.